The van der Waals surface area contributed by atoms with Crippen LogP contribution >= 0.6 is 0 Å². The van der Waals surface area contributed by atoms with Crippen LogP contribution in [0.15, 0.2) is 10.9 Å². The van der Waals surface area contributed by atoms with Crippen LogP contribution in [0.3, 0.4) is 0 Å². The van der Waals surface area contributed by atoms with Crippen LogP contribution in [0.25, 0.3) is 0 Å². The fourth-order valence-electron chi connectivity index (χ4n) is 2.82. The molecule has 0 aliphatic carbocycles. The molecule has 2 heterocycles. The second-order valence-electron chi connectivity index (χ2n) is 9.45. The number of aromatic nitrogens is 1. The molecule has 1 aliphatic heterocycles. The van der Waals surface area contributed by atoms with Crippen LogP contribution in [0, 0.1) is 0 Å². The number of nitrogens with one attached hydrogen (secondary N) is 1. The van der Waals surface area contributed by atoms with Gasteiger partial charge in [0.15, 0.2) is 19.8 Å². The fourth-order valence-corrected chi connectivity index (χ4v) is 3.77. The first kappa shape index (κ1) is 23.5. The molecule has 1 aliphatic rings. The van der Waals surface area contributed by atoms with Crippen molar-refractivity contribution >= 4 is 14.2 Å². The lowest BCUT2D eigenvalue weighted by Crippen LogP contribution is -2.50. The smallest absolute Gasteiger partial charge is 0.278 e. The van der Waals surface area contributed by atoms with E-state index in [0.29, 0.717) is 19.0 Å². The molecule has 1 aromatic heterocycles. The Bertz CT molecular complexity index is 796. The molecule has 1 amide bonds. The lowest BCUT2D eigenvalue weighted by molar-refractivity contribution is 0.0665. The molecular formula is C21H37N3O4Si. The van der Waals surface area contributed by atoms with E-state index in [9.17, 15) is 9.59 Å². The molecule has 164 valence electrons. The third-order valence-electron chi connectivity index (χ3n) is 5.86. The van der Waals surface area contributed by atoms with E-state index < -0.39 is 8.32 Å². The minimum atomic E-state index is -2.01. The zero-order valence-corrected chi connectivity index (χ0v) is 20.2. The van der Waals surface area contributed by atoms with Crippen molar-refractivity contribution in [2.75, 3.05) is 18.7 Å². The summed E-state index contributed by atoms with van der Waals surface area (Å²) in [4.78, 5) is 27.8. The Kier molecular flexibility index (Phi) is 7.22. The Hall–Kier alpha value is -1.80. The third kappa shape index (κ3) is 5.03. The molecule has 0 bridgehead atoms. The Morgan fingerprint density at radius 2 is 1.90 bits per heavy atom. The molecule has 0 atom stereocenters. The quantitative estimate of drug-likeness (QED) is 0.507. The highest BCUT2D eigenvalue weighted by Crippen LogP contribution is 2.37. The van der Waals surface area contributed by atoms with Gasteiger partial charge < -0.3 is 19.5 Å². The van der Waals surface area contributed by atoms with Crippen LogP contribution in [0.4, 0.5) is 0 Å². The average Bonchev–Trinajstić information content (AvgIpc) is 2.61. The Labute approximate surface area is 175 Å². The van der Waals surface area contributed by atoms with Crippen molar-refractivity contribution < 1.29 is 14.0 Å². The van der Waals surface area contributed by atoms with Gasteiger partial charge in [0.1, 0.15) is 6.67 Å². The first-order valence-corrected chi connectivity index (χ1v) is 13.4. The Morgan fingerprint density at radius 1 is 1.24 bits per heavy atom. The number of rotatable bonds is 8. The molecule has 1 N–H and O–H groups in total. The topological polar surface area (TPSA) is 72.8 Å². The summed E-state index contributed by atoms with van der Waals surface area (Å²) in [5.41, 5.74) is 3.90. The van der Waals surface area contributed by atoms with Gasteiger partial charge in [0, 0.05) is 12.1 Å². The first-order valence-electron chi connectivity index (χ1n) is 10.5. The van der Waals surface area contributed by atoms with Crippen LogP contribution in [-0.2, 0) is 11.0 Å². The molecule has 8 heteroatoms. The monoisotopic (exact) mass is 423 g/mol. The second kappa shape index (κ2) is 8.91. The average molecular weight is 424 g/mol. The summed E-state index contributed by atoms with van der Waals surface area (Å²) >= 11 is 0. The molecule has 0 saturated heterocycles. The maximum atomic E-state index is 13.2. The number of carbonyl (C=O) groups excluding carboxylic acids is 1. The van der Waals surface area contributed by atoms with Gasteiger partial charge in [0.2, 0.25) is 5.43 Å². The molecule has 0 aromatic carbocycles. The normalized spacial score (nSPS) is 14.8. The number of pyridine rings is 1. The SMILES string of the molecule is CCCCOc1c2n(c(CO[Si](C)(C)C(C)(C)C)cc1=O)NCN(C(C)C)C2=O. The molecule has 0 fully saturated rings. The maximum absolute atomic E-state index is 13.2. The third-order valence-corrected chi connectivity index (χ3v) is 10.3. The molecule has 29 heavy (non-hydrogen) atoms. The number of amides is 1. The summed E-state index contributed by atoms with van der Waals surface area (Å²) in [6, 6.07) is 1.54. The molecule has 0 radical (unpaired) electrons. The highest BCUT2D eigenvalue weighted by Gasteiger charge is 2.38. The molecular weight excluding hydrogens is 386 g/mol. The van der Waals surface area contributed by atoms with Crippen molar-refractivity contribution in [3.8, 4) is 5.75 Å². The van der Waals surface area contributed by atoms with Crippen LogP contribution in [0.2, 0.25) is 18.1 Å². The Morgan fingerprint density at radius 3 is 2.45 bits per heavy atom. The van der Waals surface area contributed by atoms with E-state index in [1.807, 2.05) is 13.8 Å². The number of carbonyl (C=O) groups is 1. The van der Waals surface area contributed by atoms with Crippen molar-refractivity contribution in [1.82, 2.24) is 9.58 Å². The molecule has 0 spiro atoms. The number of hydrogen-bond acceptors (Lipinski definition) is 5. The number of ether oxygens (including phenoxy) is 1. The number of nitrogens with zero attached hydrogens (tertiary/aromatic N) is 2. The van der Waals surface area contributed by atoms with Gasteiger partial charge in [-0.2, -0.15) is 0 Å². The summed E-state index contributed by atoms with van der Waals surface area (Å²) in [6.45, 7) is 17.9. The number of unbranched alkanes of at least 4 members (excludes halogenated alkanes) is 1. The summed E-state index contributed by atoms with van der Waals surface area (Å²) in [5, 5.41) is 0.0545. The van der Waals surface area contributed by atoms with Gasteiger partial charge in [-0.1, -0.05) is 34.1 Å². The van der Waals surface area contributed by atoms with Crippen molar-refractivity contribution in [2.45, 2.75) is 85.2 Å². The van der Waals surface area contributed by atoms with Gasteiger partial charge in [-0.15, -0.1) is 0 Å². The Balaban J connectivity index is 2.47. The molecule has 0 unspecified atom stereocenters. The summed E-state index contributed by atoms with van der Waals surface area (Å²) in [7, 11) is -2.01. The highest BCUT2D eigenvalue weighted by atomic mass is 28.4. The fraction of sp³-hybridized carbons (Fsp3) is 0.714. The largest absolute Gasteiger partial charge is 0.487 e. The lowest BCUT2D eigenvalue weighted by Gasteiger charge is -2.38. The van der Waals surface area contributed by atoms with Crippen molar-refractivity contribution in [1.29, 1.82) is 0 Å². The van der Waals surface area contributed by atoms with E-state index in [1.165, 1.54) is 6.07 Å². The van der Waals surface area contributed by atoms with Crippen molar-refractivity contribution in [2.24, 2.45) is 0 Å². The molecule has 0 saturated carbocycles. The predicted molar refractivity (Wildman–Crippen MR) is 119 cm³/mol. The molecule has 7 nitrogen and oxygen atoms in total. The summed E-state index contributed by atoms with van der Waals surface area (Å²) < 4.78 is 13.8. The van der Waals surface area contributed by atoms with Crippen LogP contribution in [-0.4, -0.2) is 43.1 Å². The summed E-state index contributed by atoms with van der Waals surface area (Å²) in [6.07, 6.45) is 1.77. The number of hydrogen-bond donors (Lipinski definition) is 1. The predicted octanol–water partition coefficient (Wildman–Crippen LogP) is 3.91. The van der Waals surface area contributed by atoms with E-state index in [1.54, 1.807) is 9.58 Å². The van der Waals surface area contributed by atoms with Gasteiger partial charge in [-0.05, 0) is 38.4 Å². The van der Waals surface area contributed by atoms with Gasteiger partial charge in [0.25, 0.3) is 5.91 Å². The van der Waals surface area contributed by atoms with Crippen molar-refractivity contribution in [3.63, 3.8) is 0 Å². The maximum Gasteiger partial charge on any atom is 0.278 e. The zero-order valence-electron chi connectivity index (χ0n) is 19.2. The first-order chi connectivity index (χ1) is 13.4. The van der Waals surface area contributed by atoms with Crippen LogP contribution < -0.4 is 15.6 Å². The van der Waals surface area contributed by atoms with E-state index in [4.69, 9.17) is 9.16 Å². The standard InChI is InChI=1S/C21H37N3O4Si/c1-9-10-11-27-19-17(25)12-16(13-28-29(7,8)21(4,5)6)24-18(19)20(26)23(14-22-24)15(2)3/h12,15,22H,9-11,13-14H2,1-8H3. The number of fused-ring (bicyclic) bond motifs is 1. The molecule has 2 rings (SSSR count). The van der Waals surface area contributed by atoms with Crippen molar-refractivity contribution in [3.05, 3.63) is 27.7 Å². The highest BCUT2D eigenvalue weighted by molar-refractivity contribution is 6.74. The minimum Gasteiger partial charge on any atom is -0.487 e. The van der Waals surface area contributed by atoms with Crippen LogP contribution in [0.1, 0.15) is 70.6 Å². The summed E-state index contributed by atoms with van der Waals surface area (Å²) in [5.74, 6) is -0.0751. The van der Waals surface area contributed by atoms with E-state index >= 15 is 0 Å². The van der Waals surface area contributed by atoms with E-state index in [-0.39, 0.29) is 40.5 Å². The van der Waals surface area contributed by atoms with E-state index in [2.05, 4.69) is 46.2 Å². The zero-order chi connectivity index (χ0) is 22.0. The van der Waals surface area contributed by atoms with Gasteiger partial charge in [-0.3, -0.25) is 14.3 Å². The van der Waals surface area contributed by atoms with Gasteiger partial charge in [0.05, 0.1) is 18.9 Å². The molecule has 1 aromatic rings. The van der Waals surface area contributed by atoms with Gasteiger partial charge in [-0.25, -0.2) is 0 Å². The lowest BCUT2D eigenvalue weighted by atomic mass is 10.2. The minimum absolute atomic E-state index is 0.00878. The van der Waals surface area contributed by atoms with Crippen LogP contribution in [0.5, 0.6) is 5.75 Å². The van der Waals surface area contributed by atoms with Gasteiger partial charge >= 0.3 is 0 Å². The second-order valence-corrected chi connectivity index (χ2v) is 14.3. The van der Waals surface area contributed by atoms with E-state index in [0.717, 1.165) is 12.8 Å².